The number of tetrazole rings is 1. The second-order valence-electron chi connectivity index (χ2n) is 4.77. The lowest BCUT2D eigenvalue weighted by Gasteiger charge is -2.10. The van der Waals surface area contributed by atoms with Crippen molar-refractivity contribution in [1.82, 2.24) is 20.2 Å². The van der Waals surface area contributed by atoms with Crippen LogP contribution in [0.1, 0.15) is 13.8 Å². The van der Waals surface area contributed by atoms with E-state index in [-0.39, 0.29) is 17.2 Å². The summed E-state index contributed by atoms with van der Waals surface area (Å²) in [4.78, 5) is 12.0. The van der Waals surface area contributed by atoms with Gasteiger partial charge in [0, 0.05) is 5.71 Å². The minimum absolute atomic E-state index is 0.00558. The van der Waals surface area contributed by atoms with Crippen LogP contribution >= 0.6 is 11.8 Å². The monoisotopic (exact) mass is 344 g/mol. The third kappa shape index (κ3) is 3.97. The number of aromatic nitrogens is 4. The Morgan fingerprint density at radius 2 is 2.25 bits per heavy atom. The number of ether oxygens (including phenoxy) is 1. The molecule has 0 fully saturated rings. The molecule has 124 valence electrons. The van der Waals surface area contributed by atoms with Crippen LogP contribution in [0, 0.1) is 22.7 Å². The Kier molecular flexibility index (Phi) is 6.03. The molecule has 0 aliphatic heterocycles. The van der Waals surface area contributed by atoms with E-state index in [2.05, 4.69) is 15.5 Å². The average molecular weight is 344 g/mol. The van der Waals surface area contributed by atoms with Crippen molar-refractivity contribution < 1.29 is 9.53 Å². The van der Waals surface area contributed by atoms with Gasteiger partial charge in [-0.1, -0.05) is 23.9 Å². The van der Waals surface area contributed by atoms with Gasteiger partial charge in [0.25, 0.3) is 0 Å². The maximum Gasteiger partial charge on any atom is 0.214 e. The van der Waals surface area contributed by atoms with Gasteiger partial charge in [-0.3, -0.25) is 4.79 Å². The number of rotatable bonds is 8. The van der Waals surface area contributed by atoms with Crippen LogP contribution < -0.4 is 4.74 Å². The predicted molar refractivity (Wildman–Crippen MR) is 88.6 cm³/mol. The summed E-state index contributed by atoms with van der Waals surface area (Å²) in [6.45, 7) is 3.83. The fourth-order valence-electron chi connectivity index (χ4n) is 1.96. The molecule has 0 saturated heterocycles. The molecule has 0 saturated carbocycles. The van der Waals surface area contributed by atoms with Crippen molar-refractivity contribution in [2.45, 2.75) is 19.0 Å². The molecule has 1 aromatic carbocycles. The first-order chi connectivity index (χ1) is 11.6. The zero-order valence-corrected chi connectivity index (χ0v) is 14.1. The number of para-hydroxylation sites is 2. The Hall–Kier alpha value is -2.73. The number of nitriles is 1. The SMILES string of the molecule is CCOc1ccccc1-n1nnnc1SCC(=O)[C@@H](C#N)C(C)=N. The molecule has 0 aliphatic carbocycles. The van der Waals surface area contributed by atoms with Crippen LogP contribution in [0.2, 0.25) is 0 Å². The summed E-state index contributed by atoms with van der Waals surface area (Å²) in [5.41, 5.74) is 0.698. The summed E-state index contributed by atoms with van der Waals surface area (Å²) in [6, 6.07) is 9.14. The average Bonchev–Trinajstić information content (AvgIpc) is 3.02. The Morgan fingerprint density at radius 1 is 1.50 bits per heavy atom. The Morgan fingerprint density at radius 3 is 2.92 bits per heavy atom. The fraction of sp³-hybridized carbons (Fsp3) is 0.333. The van der Waals surface area contributed by atoms with Gasteiger partial charge in [0.1, 0.15) is 17.4 Å². The quantitative estimate of drug-likeness (QED) is 0.574. The van der Waals surface area contributed by atoms with Crippen LogP contribution in [-0.4, -0.2) is 44.1 Å². The summed E-state index contributed by atoms with van der Waals surface area (Å²) in [7, 11) is 0. The smallest absolute Gasteiger partial charge is 0.214 e. The zero-order chi connectivity index (χ0) is 17.5. The van der Waals surface area contributed by atoms with Gasteiger partial charge in [-0.05, 0) is 36.4 Å². The first-order valence-corrected chi connectivity index (χ1v) is 8.17. The van der Waals surface area contributed by atoms with Crippen LogP contribution in [-0.2, 0) is 4.79 Å². The number of nitrogens with one attached hydrogen (secondary N) is 1. The zero-order valence-electron chi connectivity index (χ0n) is 13.3. The Labute approximate surface area is 143 Å². The van der Waals surface area contributed by atoms with E-state index in [0.717, 1.165) is 11.8 Å². The highest BCUT2D eigenvalue weighted by Crippen LogP contribution is 2.26. The molecule has 0 unspecified atom stereocenters. The van der Waals surface area contributed by atoms with Crippen molar-refractivity contribution >= 4 is 23.3 Å². The molecule has 2 rings (SSSR count). The van der Waals surface area contributed by atoms with Gasteiger partial charge < -0.3 is 10.1 Å². The summed E-state index contributed by atoms with van der Waals surface area (Å²) >= 11 is 1.12. The third-order valence-corrected chi connectivity index (χ3v) is 4.00. The molecular weight excluding hydrogens is 328 g/mol. The summed E-state index contributed by atoms with van der Waals surface area (Å²) in [5.74, 6) is -0.739. The molecule has 0 spiro atoms. The molecule has 0 amide bonds. The largest absolute Gasteiger partial charge is 0.492 e. The van der Waals surface area contributed by atoms with E-state index in [9.17, 15) is 4.79 Å². The fourth-order valence-corrected chi connectivity index (χ4v) is 2.75. The second-order valence-corrected chi connectivity index (χ2v) is 5.72. The highest BCUT2D eigenvalue weighted by molar-refractivity contribution is 7.99. The minimum atomic E-state index is -1.03. The number of thioether (sulfide) groups is 1. The van der Waals surface area contributed by atoms with Crippen LogP contribution in [0.15, 0.2) is 29.4 Å². The lowest BCUT2D eigenvalue weighted by Crippen LogP contribution is -2.21. The molecule has 0 aliphatic rings. The van der Waals surface area contributed by atoms with Gasteiger partial charge in [-0.15, -0.1) is 5.10 Å². The van der Waals surface area contributed by atoms with Gasteiger partial charge in [-0.2, -0.15) is 9.94 Å². The Bertz CT molecular complexity index is 782. The van der Waals surface area contributed by atoms with Crippen LogP contribution in [0.4, 0.5) is 0 Å². The molecule has 2 aromatic rings. The molecule has 0 bridgehead atoms. The van der Waals surface area contributed by atoms with E-state index >= 15 is 0 Å². The molecule has 9 heteroatoms. The molecule has 1 atom stereocenters. The molecule has 8 nitrogen and oxygen atoms in total. The normalized spacial score (nSPS) is 11.5. The van der Waals surface area contributed by atoms with E-state index in [0.29, 0.717) is 23.2 Å². The Balaban J connectivity index is 2.19. The van der Waals surface area contributed by atoms with E-state index in [1.807, 2.05) is 37.3 Å². The lowest BCUT2D eigenvalue weighted by molar-refractivity contribution is -0.117. The maximum absolute atomic E-state index is 12.0. The number of benzene rings is 1. The topological polar surface area (TPSA) is 118 Å². The molecule has 1 N–H and O–H groups in total. The van der Waals surface area contributed by atoms with Gasteiger partial charge in [-0.25, -0.2) is 0 Å². The number of ketones is 1. The molecular formula is C15H16N6O2S. The number of carbonyl (C=O) groups is 1. The van der Waals surface area contributed by atoms with Crippen molar-refractivity contribution in [3.8, 4) is 17.5 Å². The highest BCUT2D eigenvalue weighted by atomic mass is 32.2. The highest BCUT2D eigenvalue weighted by Gasteiger charge is 2.22. The first kappa shape index (κ1) is 17.6. The molecule has 24 heavy (non-hydrogen) atoms. The lowest BCUT2D eigenvalue weighted by atomic mass is 10.0. The summed E-state index contributed by atoms with van der Waals surface area (Å²) < 4.78 is 7.05. The minimum Gasteiger partial charge on any atom is -0.492 e. The predicted octanol–water partition coefficient (Wildman–Crippen LogP) is 1.90. The van der Waals surface area contributed by atoms with Crippen molar-refractivity contribution in [2.24, 2.45) is 5.92 Å². The summed E-state index contributed by atoms with van der Waals surface area (Å²) in [6.07, 6.45) is 0. The van der Waals surface area contributed by atoms with Crippen molar-refractivity contribution in [1.29, 1.82) is 10.7 Å². The number of nitrogens with zero attached hydrogens (tertiary/aromatic N) is 5. The number of hydrogen-bond donors (Lipinski definition) is 1. The number of hydrogen-bond acceptors (Lipinski definition) is 8. The van der Waals surface area contributed by atoms with Crippen molar-refractivity contribution in [3.63, 3.8) is 0 Å². The maximum atomic E-state index is 12.0. The number of carbonyl (C=O) groups excluding carboxylic acids is 1. The van der Waals surface area contributed by atoms with Gasteiger partial charge in [0.05, 0.1) is 18.4 Å². The summed E-state index contributed by atoms with van der Waals surface area (Å²) in [5, 5.41) is 28.4. The van der Waals surface area contributed by atoms with E-state index < -0.39 is 5.92 Å². The van der Waals surface area contributed by atoms with Gasteiger partial charge >= 0.3 is 0 Å². The van der Waals surface area contributed by atoms with Crippen LogP contribution in [0.5, 0.6) is 5.75 Å². The van der Waals surface area contributed by atoms with E-state index in [4.69, 9.17) is 15.4 Å². The van der Waals surface area contributed by atoms with Gasteiger partial charge in [0.15, 0.2) is 5.78 Å². The van der Waals surface area contributed by atoms with Crippen molar-refractivity contribution in [3.05, 3.63) is 24.3 Å². The third-order valence-electron chi connectivity index (χ3n) is 3.06. The molecule has 1 heterocycles. The van der Waals surface area contributed by atoms with Crippen molar-refractivity contribution in [2.75, 3.05) is 12.4 Å². The van der Waals surface area contributed by atoms with E-state index in [1.54, 1.807) is 0 Å². The molecule has 0 radical (unpaired) electrons. The van der Waals surface area contributed by atoms with E-state index in [1.165, 1.54) is 11.6 Å². The standard InChI is InChI=1S/C15H16N6O2S/c1-3-23-14-7-5-4-6-12(14)21-15(18-19-20-21)24-9-13(22)11(8-16)10(2)17/h4-7,11,17H,3,9H2,1-2H3/t11-/m0/s1. The van der Waals surface area contributed by atoms with Gasteiger partial charge in [0.2, 0.25) is 5.16 Å². The van der Waals surface area contributed by atoms with Crippen LogP contribution in [0.3, 0.4) is 0 Å². The second kappa shape index (κ2) is 8.21. The first-order valence-electron chi connectivity index (χ1n) is 7.19. The molecule has 1 aromatic heterocycles. The van der Waals surface area contributed by atoms with Crippen LogP contribution in [0.25, 0.3) is 5.69 Å². The number of Topliss-reactive ketones (excluding diaryl/α,β-unsaturated/α-hetero) is 1.